The summed E-state index contributed by atoms with van der Waals surface area (Å²) in [6.07, 6.45) is 9.44. The Morgan fingerprint density at radius 3 is 2.58 bits per heavy atom. The predicted molar refractivity (Wildman–Crippen MR) is 116 cm³/mol. The van der Waals surface area contributed by atoms with Crippen molar-refractivity contribution in [2.24, 2.45) is 28.6 Å². The molecule has 170 valence electrons. The van der Waals surface area contributed by atoms with E-state index < -0.39 is 11.7 Å². The average Bonchev–Trinajstić information content (AvgIpc) is 3.00. The van der Waals surface area contributed by atoms with E-state index in [1.54, 1.807) is 6.26 Å². The van der Waals surface area contributed by atoms with E-state index in [0.29, 0.717) is 11.8 Å². The van der Waals surface area contributed by atoms with Crippen molar-refractivity contribution < 1.29 is 19.4 Å². The highest BCUT2D eigenvalue weighted by molar-refractivity contribution is 5.64. The fourth-order valence-electron chi connectivity index (χ4n) is 8.63. The summed E-state index contributed by atoms with van der Waals surface area (Å²) in [5.41, 5.74) is -0.0177. The molecule has 0 unspecified atom stereocenters. The van der Waals surface area contributed by atoms with E-state index in [1.165, 1.54) is 6.07 Å². The highest BCUT2D eigenvalue weighted by Gasteiger charge is 2.67. The third kappa shape index (κ3) is 3.00. The van der Waals surface area contributed by atoms with E-state index in [9.17, 15) is 14.7 Å². The Morgan fingerprint density at radius 1 is 1.06 bits per heavy atom. The summed E-state index contributed by atoms with van der Waals surface area (Å²) in [5, 5.41) is 24.1. The molecule has 6 heteroatoms. The maximum atomic E-state index is 12.2. The van der Waals surface area contributed by atoms with Gasteiger partial charge in [-0.3, -0.25) is 0 Å². The van der Waals surface area contributed by atoms with Crippen LogP contribution in [0.15, 0.2) is 27.6 Å². The van der Waals surface area contributed by atoms with Gasteiger partial charge >= 0.3 is 11.7 Å². The van der Waals surface area contributed by atoms with Gasteiger partial charge in [0.2, 0.25) is 0 Å². The Labute approximate surface area is 183 Å². The smallest absolute Gasteiger partial charge is 0.404 e. The van der Waals surface area contributed by atoms with Crippen LogP contribution in [0.25, 0.3) is 0 Å². The van der Waals surface area contributed by atoms with Crippen molar-refractivity contribution in [2.75, 3.05) is 0 Å². The van der Waals surface area contributed by atoms with Gasteiger partial charge in [0.15, 0.2) is 0 Å². The van der Waals surface area contributed by atoms with Crippen molar-refractivity contribution in [3.8, 4) is 0 Å². The molecule has 1 heterocycles. The molecule has 1 aromatic heterocycles. The number of fused-ring (bicyclic) bond motifs is 5. The highest BCUT2D eigenvalue weighted by atomic mass is 16.4. The lowest BCUT2D eigenvalue weighted by atomic mass is 9.43. The zero-order chi connectivity index (χ0) is 22.0. The van der Waals surface area contributed by atoms with Gasteiger partial charge in [-0.05, 0) is 98.5 Å². The second kappa shape index (κ2) is 7.09. The van der Waals surface area contributed by atoms with E-state index in [1.807, 2.05) is 6.07 Å². The minimum Gasteiger partial charge on any atom is -0.465 e. The van der Waals surface area contributed by atoms with Crippen LogP contribution in [0.4, 0.5) is 4.79 Å². The maximum absolute atomic E-state index is 12.2. The first-order valence-electron chi connectivity index (χ1n) is 12.0. The molecular weight excluding hydrogens is 394 g/mol. The summed E-state index contributed by atoms with van der Waals surface area (Å²) in [5.74, 6) is 1.51. The van der Waals surface area contributed by atoms with Crippen LogP contribution in [0.1, 0.15) is 83.1 Å². The van der Waals surface area contributed by atoms with Crippen molar-refractivity contribution in [3.05, 3.63) is 34.4 Å². The van der Waals surface area contributed by atoms with E-state index in [4.69, 9.17) is 9.52 Å². The molecule has 5 rings (SSSR count). The summed E-state index contributed by atoms with van der Waals surface area (Å²) < 4.78 is 5.17. The van der Waals surface area contributed by atoms with Gasteiger partial charge in [-0.15, -0.1) is 0 Å². The third-order valence-electron chi connectivity index (χ3n) is 10.3. The Bertz CT molecular complexity index is 908. The molecule has 3 N–H and O–H groups in total. The van der Waals surface area contributed by atoms with Crippen LogP contribution < -0.4 is 10.9 Å². The number of rotatable bonds is 2. The fraction of sp³-hybridized carbons (Fsp3) is 0.760. The van der Waals surface area contributed by atoms with Crippen molar-refractivity contribution in [2.45, 2.75) is 89.2 Å². The van der Waals surface area contributed by atoms with Gasteiger partial charge in [-0.1, -0.05) is 13.8 Å². The third-order valence-corrected chi connectivity index (χ3v) is 10.3. The summed E-state index contributed by atoms with van der Waals surface area (Å²) in [7, 11) is 0. The van der Waals surface area contributed by atoms with E-state index in [0.717, 1.165) is 63.4 Å². The molecule has 0 bridgehead atoms. The lowest BCUT2D eigenvalue weighted by Gasteiger charge is -2.63. The molecule has 4 saturated carbocycles. The monoisotopic (exact) mass is 429 g/mol. The molecule has 4 fully saturated rings. The van der Waals surface area contributed by atoms with Crippen LogP contribution >= 0.6 is 0 Å². The molecule has 0 radical (unpaired) electrons. The number of amides is 1. The molecule has 0 spiro atoms. The maximum Gasteiger partial charge on any atom is 0.404 e. The molecular formula is C25H35NO5. The molecule has 4 aliphatic rings. The van der Waals surface area contributed by atoms with Crippen molar-refractivity contribution in [1.29, 1.82) is 0 Å². The van der Waals surface area contributed by atoms with Gasteiger partial charge in [0, 0.05) is 17.5 Å². The van der Waals surface area contributed by atoms with Crippen LogP contribution in [0.3, 0.4) is 0 Å². The fourth-order valence-corrected chi connectivity index (χ4v) is 8.63. The second-order valence-corrected chi connectivity index (χ2v) is 11.3. The first-order valence-corrected chi connectivity index (χ1v) is 12.0. The largest absolute Gasteiger partial charge is 0.465 e. The van der Waals surface area contributed by atoms with Crippen molar-refractivity contribution in [1.82, 2.24) is 5.32 Å². The minimum atomic E-state index is -0.918. The summed E-state index contributed by atoms with van der Waals surface area (Å²) >= 11 is 0. The summed E-state index contributed by atoms with van der Waals surface area (Å²) in [4.78, 5) is 22.6. The quantitative estimate of drug-likeness (QED) is 0.642. The summed E-state index contributed by atoms with van der Waals surface area (Å²) in [6.45, 7) is 4.67. The number of hydrogen-bond acceptors (Lipinski definition) is 4. The lowest BCUT2D eigenvalue weighted by Crippen LogP contribution is -2.62. The van der Waals surface area contributed by atoms with E-state index in [-0.39, 0.29) is 34.3 Å². The molecule has 4 aliphatic carbocycles. The topological polar surface area (TPSA) is 99.8 Å². The van der Waals surface area contributed by atoms with Crippen LogP contribution in [-0.2, 0) is 0 Å². The Balaban J connectivity index is 1.41. The highest BCUT2D eigenvalue weighted by Crippen LogP contribution is 2.70. The average molecular weight is 430 g/mol. The lowest BCUT2D eigenvalue weighted by molar-refractivity contribution is -0.201. The zero-order valence-electron chi connectivity index (χ0n) is 18.6. The first kappa shape index (κ1) is 21.0. The molecule has 31 heavy (non-hydrogen) atoms. The Hall–Kier alpha value is -1.82. The number of carboxylic acid groups (broad SMARTS) is 1. The number of carbonyl (C=O) groups is 1. The van der Waals surface area contributed by atoms with Gasteiger partial charge in [0.1, 0.15) is 0 Å². The van der Waals surface area contributed by atoms with Gasteiger partial charge in [-0.2, -0.15) is 0 Å². The standard InChI is InChI=1S/C25H35NO5/c1-23-10-7-17(26-22(28)29)13-16(23)4-5-20-19(23)8-11-24(2)18(9-12-25(20,24)30)15-3-6-21(27)31-14-15/h3,6,14,16-20,26,30H,4-5,7-13H2,1-2H3,(H,28,29)/t16-,17+,18-,19+,20-,23+,24-,25+/m1/s1. The van der Waals surface area contributed by atoms with Gasteiger partial charge < -0.3 is 19.9 Å². The van der Waals surface area contributed by atoms with Crippen LogP contribution in [0, 0.1) is 28.6 Å². The molecule has 8 atom stereocenters. The number of aliphatic hydroxyl groups is 1. The first-order chi connectivity index (χ1) is 14.7. The Morgan fingerprint density at radius 2 is 1.87 bits per heavy atom. The minimum absolute atomic E-state index is 0.0627. The van der Waals surface area contributed by atoms with E-state index in [2.05, 4.69) is 19.2 Å². The van der Waals surface area contributed by atoms with Gasteiger partial charge in [0.25, 0.3) is 0 Å². The van der Waals surface area contributed by atoms with E-state index >= 15 is 0 Å². The molecule has 0 aliphatic heterocycles. The predicted octanol–water partition coefficient (Wildman–Crippen LogP) is 4.52. The SMILES string of the molecule is C[C@]12CC[C@H](NC(=O)O)C[C@H]1CC[C@@H]1[C@@H]2CC[C@]2(C)[C@@H](c3ccc(=O)oc3)CC[C@]12O. The van der Waals surface area contributed by atoms with Crippen LogP contribution in [-0.4, -0.2) is 27.9 Å². The number of nitrogens with one attached hydrogen (secondary N) is 1. The molecule has 1 aromatic rings. The molecule has 6 nitrogen and oxygen atoms in total. The van der Waals surface area contributed by atoms with Crippen molar-refractivity contribution >= 4 is 6.09 Å². The van der Waals surface area contributed by atoms with Crippen molar-refractivity contribution in [3.63, 3.8) is 0 Å². The Kier molecular flexibility index (Phi) is 4.82. The number of hydrogen-bond donors (Lipinski definition) is 3. The second-order valence-electron chi connectivity index (χ2n) is 11.3. The van der Waals surface area contributed by atoms with Crippen LogP contribution in [0.2, 0.25) is 0 Å². The summed E-state index contributed by atoms with van der Waals surface area (Å²) in [6, 6.07) is 3.44. The van der Waals surface area contributed by atoms with Gasteiger partial charge in [0.05, 0.1) is 11.9 Å². The van der Waals surface area contributed by atoms with Crippen LogP contribution in [0.5, 0.6) is 0 Å². The zero-order valence-corrected chi connectivity index (χ0v) is 18.6. The molecule has 1 amide bonds. The molecule has 0 saturated heterocycles. The van der Waals surface area contributed by atoms with Gasteiger partial charge in [-0.25, -0.2) is 9.59 Å². The normalized spacial score (nSPS) is 46.5. The molecule has 0 aromatic carbocycles.